The number of allylic oxidation sites excluding steroid dienone is 2. The highest BCUT2D eigenvalue weighted by molar-refractivity contribution is 5.65. The van der Waals surface area contributed by atoms with Gasteiger partial charge < -0.3 is 24.3 Å². The maximum atomic E-state index is 13.4. The molecule has 1 aliphatic heterocycles. The van der Waals surface area contributed by atoms with Gasteiger partial charge in [0.25, 0.3) is 0 Å². The van der Waals surface area contributed by atoms with Gasteiger partial charge in [-0.1, -0.05) is 12.1 Å². The van der Waals surface area contributed by atoms with Gasteiger partial charge in [0.1, 0.15) is 23.3 Å². The van der Waals surface area contributed by atoms with Gasteiger partial charge in [0.15, 0.2) is 0 Å². The molecule has 1 aromatic rings. The van der Waals surface area contributed by atoms with Crippen molar-refractivity contribution >= 4 is 12.3 Å². The van der Waals surface area contributed by atoms with E-state index in [4.69, 9.17) is 18.9 Å². The van der Waals surface area contributed by atoms with Crippen LogP contribution >= 0.6 is 0 Å². The van der Waals surface area contributed by atoms with E-state index >= 15 is 0 Å². The van der Waals surface area contributed by atoms with Crippen LogP contribution in [0.25, 0.3) is 0 Å². The average Bonchev–Trinajstić information content (AvgIpc) is 2.61. The summed E-state index contributed by atoms with van der Waals surface area (Å²) in [4.78, 5) is 23.8. The van der Waals surface area contributed by atoms with Gasteiger partial charge in [0.2, 0.25) is 0 Å². The van der Waals surface area contributed by atoms with Crippen LogP contribution in [0.3, 0.4) is 0 Å². The van der Waals surface area contributed by atoms with Crippen LogP contribution in [0.1, 0.15) is 39.2 Å². The number of ether oxygens (including phenoxy) is 4. The van der Waals surface area contributed by atoms with E-state index in [1.807, 2.05) is 0 Å². The molecule has 1 N–H and O–H groups in total. The molecule has 0 amide bonds. The first-order chi connectivity index (χ1) is 12.9. The molecule has 0 atom stereocenters. The van der Waals surface area contributed by atoms with Gasteiger partial charge in [0, 0.05) is 0 Å². The normalized spacial score (nSPS) is 14.6. The molecule has 8 heteroatoms. The van der Waals surface area contributed by atoms with E-state index < -0.39 is 24.0 Å². The van der Waals surface area contributed by atoms with E-state index in [1.54, 1.807) is 27.7 Å². The number of benzene rings is 1. The molecule has 0 unspecified atom stereocenters. The minimum atomic E-state index is -0.893. The summed E-state index contributed by atoms with van der Waals surface area (Å²) in [5, 5.41) is 3.01. The van der Waals surface area contributed by atoms with E-state index in [-0.39, 0.29) is 24.7 Å². The lowest BCUT2D eigenvalue weighted by Crippen LogP contribution is -2.29. The van der Waals surface area contributed by atoms with Gasteiger partial charge in [-0.3, -0.25) is 0 Å². The lowest BCUT2D eigenvalue weighted by atomic mass is 9.90. The van der Waals surface area contributed by atoms with E-state index in [1.165, 1.54) is 24.3 Å². The highest BCUT2D eigenvalue weighted by atomic mass is 19.1. The number of hydrogen-bond acceptors (Lipinski definition) is 7. The third-order valence-corrected chi connectivity index (χ3v) is 3.75. The standard InChI is InChI=1S/C19H22FNO6/c1-5-24-18(22)26-16-11(3)21-12(4)17(27-19(23)25-6-2)15(16)13-7-9-14(20)10-8-13/h7-10,15,21H,5-6H2,1-4H3. The Balaban J connectivity index is 2.47. The summed E-state index contributed by atoms with van der Waals surface area (Å²) >= 11 is 0. The molecule has 1 aromatic carbocycles. The highest BCUT2D eigenvalue weighted by Gasteiger charge is 2.35. The Kier molecular flexibility index (Phi) is 6.81. The van der Waals surface area contributed by atoms with Crippen LogP contribution in [0.5, 0.6) is 0 Å². The molecule has 0 saturated heterocycles. The molecule has 0 aromatic heterocycles. The average molecular weight is 379 g/mol. The van der Waals surface area contributed by atoms with Crippen LogP contribution in [0.15, 0.2) is 47.2 Å². The fourth-order valence-electron chi connectivity index (χ4n) is 2.66. The third-order valence-electron chi connectivity index (χ3n) is 3.75. The van der Waals surface area contributed by atoms with Crippen molar-refractivity contribution in [1.82, 2.24) is 5.32 Å². The Bertz CT molecular complexity index is 727. The SMILES string of the molecule is CCOC(=O)OC1=C(C)NC(C)=C(OC(=O)OCC)C1c1ccc(F)cc1. The molecule has 0 bridgehead atoms. The van der Waals surface area contributed by atoms with E-state index in [9.17, 15) is 14.0 Å². The molecular formula is C19H22FNO6. The zero-order valence-corrected chi connectivity index (χ0v) is 15.6. The Morgan fingerprint density at radius 1 is 0.926 bits per heavy atom. The number of carbonyl (C=O) groups excluding carboxylic acids is 2. The van der Waals surface area contributed by atoms with Gasteiger partial charge in [0.05, 0.1) is 24.6 Å². The maximum Gasteiger partial charge on any atom is 0.513 e. The minimum absolute atomic E-state index is 0.140. The number of rotatable bonds is 5. The Hall–Kier alpha value is -3.03. The van der Waals surface area contributed by atoms with E-state index in [0.717, 1.165) is 0 Å². The summed E-state index contributed by atoms with van der Waals surface area (Å²) < 4.78 is 33.8. The second-order valence-corrected chi connectivity index (χ2v) is 5.66. The molecule has 1 heterocycles. The van der Waals surface area contributed by atoms with Crippen molar-refractivity contribution in [1.29, 1.82) is 0 Å². The van der Waals surface area contributed by atoms with Crippen LogP contribution in [-0.2, 0) is 18.9 Å². The first kappa shape index (κ1) is 20.3. The van der Waals surface area contributed by atoms with Crippen molar-refractivity contribution in [3.8, 4) is 0 Å². The van der Waals surface area contributed by atoms with Crippen LogP contribution < -0.4 is 5.32 Å². The second-order valence-electron chi connectivity index (χ2n) is 5.66. The lowest BCUT2D eigenvalue weighted by molar-refractivity contribution is 0.0648. The molecule has 1 aliphatic rings. The predicted octanol–water partition coefficient (Wildman–Crippen LogP) is 4.32. The fourth-order valence-corrected chi connectivity index (χ4v) is 2.66. The Morgan fingerprint density at radius 2 is 1.37 bits per heavy atom. The van der Waals surface area contributed by atoms with Crippen LogP contribution in [-0.4, -0.2) is 25.5 Å². The summed E-state index contributed by atoms with van der Waals surface area (Å²) in [6.45, 7) is 6.99. The second kappa shape index (κ2) is 9.07. The van der Waals surface area contributed by atoms with Crippen molar-refractivity contribution in [3.05, 3.63) is 58.6 Å². The summed E-state index contributed by atoms with van der Waals surface area (Å²) in [6, 6.07) is 5.59. The molecule has 0 fully saturated rings. The predicted molar refractivity (Wildman–Crippen MR) is 93.9 cm³/mol. The number of halogens is 1. The number of dihydropyridines is 1. The minimum Gasteiger partial charge on any atom is -0.434 e. The number of nitrogens with one attached hydrogen (secondary N) is 1. The smallest absolute Gasteiger partial charge is 0.434 e. The van der Waals surface area contributed by atoms with Gasteiger partial charge >= 0.3 is 12.3 Å². The molecule has 0 radical (unpaired) electrons. The zero-order chi connectivity index (χ0) is 20.0. The first-order valence-corrected chi connectivity index (χ1v) is 8.50. The molecule has 27 heavy (non-hydrogen) atoms. The molecule has 7 nitrogen and oxygen atoms in total. The number of hydrogen-bond donors (Lipinski definition) is 1. The lowest BCUT2D eigenvalue weighted by Gasteiger charge is -2.30. The van der Waals surface area contributed by atoms with Crippen molar-refractivity contribution in [3.63, 3.8) is 0 Å². The monoisotopic (exact) mass is 379 g/mol. The van der Waals surface area contributed by atoms with Crippen LogP contribution in [0, 0.1) is 5.82 Å². The van der Waals surface area contributed by atoms with E-state index in [2.05, 4.69) is 5.32 Å². The Morgan fingerprint density at radius 3 is 1.78 bits per heavy atom. The van der Waals surface area contributed by atoms with Gasteiger partial charge in [-0.25, -0.2) is 14.0 Å². The summed E-state index contributed by atoms with van der Waals surface area (Å²) in [7, 11) is 0. The molecule has 0 aliphatic carbocycles. The molecule has 146 valence electrons. The summed E-state index contributed by atoms with van der Waals surface area (Å²) in [5.74, 6) is -0.814. The third kappa shape index (κ3) is 4.99. The Labute approximate surface area is 156 Å². The topological polar surface area (TPSA) is 83.1 Å². The summed E-state index contributed by atoms with van der Waals surface area (Å²) in [5.41, 5.74) is 1.63. The maximum absolute atomic E-state index is 13.4. The number of carbonyl (C=O) groups is 2. The highest BCUT2D eigenvalue weighted by Crippen LogP contribution is 2.39. The van der Waals surface area contributed by atoms with Crippen molar-refractivity contribution in [2.45, 2.75) is 33.6 Å². The molecular weight excluding hydrogens is 357 g/mol. The van der Waals surface area contributed by atoms with Crippen molar-refractivity contribution < 1.29 is 32.9 Å². The quantitative estimate of drug-likeness (QED) is 0.763. The zero-order valence-electron chi connectivity index (χ0n) is 15.6. The molecule has 2 rings (SSSR count). The molecule has 0 spiro atoms. The van der Waals surface area contributed by atoms with E-state index in [0.29, 0.717) is 17.0 Å². The fraction of sp³-hybridized carbons (Fsp3) is 0.368. The van der Waals surface area contributed by atoms with Gasteiger partial charge in [-0.05, 0) is 45.4 Å². The summed E-state index contributed by atoms with van der Waals surface area (Å²) in [6.07, 6.45) is -1.79. The van der Waals surface area contributed by atoms with Crippen LogP contribution in [0.4, 0.5) is 14.0 Å². The largest absolute Gasteiger partial charge is 0.513 e. The van der Waals surface area contributed by atoms with Gasteiger partial charge in [-0.2, -0.15) is 0 Å². The first-order valence-electron chi connectivity index (χ1n) is 8.50. The van der Waals surface area contributed by atoms with Crippen LogP contribution in [0.2, 0.25) is 0 Å². The van der Waals surface area contributed by atoms with Crippen molar-refractivity contribution in [2.75, 3.05) is 13.2 Å². The molecule has 0 saturated carbocycles. The van der Waals surface area contributed by atoms with Crippen molar-refractivity contribution in [2.24, 2.45) is 0 Å². The van der Waals surface area contributed by atoms with Gasteiger partial charge in [-0.15, -0.1) is 0 Å².